The van der Waals surface area contributed by atoms with E-state index < -0.39 is 0 Å². The molecule has 0 aliphatic heterocycles. The van der Waals surface area contributed by atoms with Gasteiger partial charge in [-0.3, -0.25) is 9.59 Å². The summed E-state index contributed by atoms with van der Waals surface area (Å²) in [7, 11) is 0. The summed E-state index contributed by atoms with van der Waals surface area (Å²) >= 11 is 4.53. The zero-order chi connectivity index (χ0) is 15.4. The lowest BCUT2D eigenvalue weighted by molar-refractivity contribution is 0.0949. The van der Waals surface area contributed by atoms with Gasteiger partial charge in [-0.15, -0.1) is 34.0 Å². The van der Waals surface area contributed by atoms with Crippen LogP contribution in [0.25, 0.3) is 0 Å². The third kappa shape index (κ3) is 3.61. The number of Topliss-reactive ketones (excluding diaryl/α,β-unsaturated/α-hetero) is 2. The fraction of sp³-hybridized carbons (Fsp3) is 0.176. The van der Waals surface area contributed by atoms with Crippen LogP contribution in [-0.4, -0.2) is 11.6 Å². The molecule has 0 bridgehead atoms. The molecule has 3 heterocycles. The summed E-state index contributed by atoms with van der Waals surface area (Å²) in [5, 5.41) is 5.81. The normalized spacial score (nSPS) is 11.0. The molecule has 0 unspecified atom stereocenters. The summed E-state index contributed by atoms with van der Waals surface area (Å²) in [6.07, 6.45) is 0.774. The molecule has 0 fully saturated rings. The van der Waals surface area contributed by atoms with E-state index in [-0.39, 0.29) is 17.5 Å². The summed E-state index contributed by atoms with van der Waals surface area (Å²) in [5.74, 6) is 0.198. The van der Waals surface area contributed by atoms with E-state index in [4.69, 9.17) is 0 Å². The highest BCUT2D eigenvalue weighted by molar-refractivity contribution is 7.12. The number of hydrogen-bond acceptors (Lipinski definition) is 5. The van der Waals surface area contributed by atoms with E-state index in [1.807, 2.05) is 52.5 Å². The molecule has 0 N–H and O–H groups in total. The van der Waals surface area contributed by atoms with Gasteiger partial charge in [0.05, 0.1) is 9.75 Å². The maximum absolute atomic E-state index is 12.4. The first-order valence-electron chi connectivity index (χ1n) is 6.91. The van der Waals surface area contributed by atoms with Gasteiger partial charge in [0, 0.05) is 23.6 Å². The van der Waals surface area contributed by atoms with E-state index in [0.29, 0.717) is 12.8 Å². The van der Waals surface area contributed by atoms with Gasteiger partial charge in [0.1, 0.15) is 0 Å². The van der Waals surface area contributed by atoms with Crippen LogP contribution in [0.3, 0.4) is 0 Å². The maximum Gasteiger partial charge on any atom is 0.173 e. The number of carbonyl (C=O) groups excluding carboxylic acids is 2. The molecule has 3 aromatic heterocycles. The summed E-state index contributed by atoms with van der Waals surface area (Å²) in [4.78, 5) is 27.4. The highest BCUT2D eigenvalue weighted by atomic mass is 32.1. The van der Waals surface area contributed by atoms with E-state index in [1.165, 1.54) is 22.7 Å². The molecule has 0 atom stereocenters. The molecule has 0 aliphatic rings. The lowest BCUT2D eigenvalue weighted by Gasteiger charge is -2.13. The highest BCUT2D eigenvalue weighted by Crippen LogP contribution is 2.31. The van der Waals surface area contributed by atoms with Gasteiger partial charge in [-0.2, -0.15) is 0 Å². The Balaban J connectivity index is 1.76. The minimum absolute atomic E-state index is 0.0378. The van der Waals surface area contributed by atoms with Crippen molar-refractivity contribution in [2.75, 3.05) is 0 Å². The molecular weight excluding hydrogens is 332 g/mol. The highest BCUT2D eigenvalue weighted by Gasteiger charge is 2.22. The van der Waals surface area contributed by atoms with Gasteiger partial charge in [0.15, 0.2) is 11.6 Å². The van der Waals surface area contributed by atoms with Gasteiger partial charge in [-0.05, 0) is 34.3 Å². The van der Waals surface area contributed by atoms with Crippen LogP contribution >= 0.6 is 34.0 Å². The van der Waals surface area contributed by atoms with Crippen molar-refractivity contribution in [1.29, 1.82) is 0 Å². The molecular formula is C17H14O2S3. The minimum Gasteiger partial charge on any atom is -0.293 e. The largest absolute Gasteiger partial charge is 0.293 e. The number of hydrogen-bond donors (Lipinski definition) is 0. The first-order chi connectivity index (χ1) is 10.7. The maximum atomic E-state index is 12.4. The molecule has 0 saturated carbocycles. The smallest absolute Gasteiger partial charge is 0.173 e. The van der Waals surface area contributed by atoms with E-state index in [9.17, 15) is 9.59 Å². The first-order valence-corrected chi connectivity index (χ1v) is 9.54. The topological polar surface area (TPSA) is 34.1 Å². The van der Waals surface area contributed by atoms with Crippen LogP contribution in [0.15, 0.2) is 52.5 Å². The van der Waals surface area contributed by atoms with Crippen molar-refractivity contribution >= 4 is 45.6 Å². The van der Waals surface area contributed by atoms with Crippen molar-refractivity contribution in [3.8, 4) is 0 Å². The van der Waals surface area contributed by atoms with E-state index >= 15 is 0 Å². The molecule has 112 valence electrons. The Bertz CT molecular complexity index is 677. The van der Waals surface area contributed by atoms with Crippen LogP contribution in [0.1, 0.15) is 43.0 Å². The van der Waals surface area contributed by atoms with Crippen LogP contribution in [0.5, 0.6) is 0 Å². The molecule has 0 saturated heterocycles. The van der Waals surface area contributed by atoms with E-state index in [0.717, 1.165) is 14.6 Å². The Morgan fingerprint density at radius 3 is 1.68 bits per heavy atom. The number of carbonyl (C=O) groups is 2. The average Bonchev–Trinajstić information content (AvgIpc) is 3.29. The molecule has 5 heteroatoms. The van der Waals surface area contributed by atoms with E-state index in [2.05, 4.69) is 0 Å². The molecule has 0 radical (unpaired) electrons. The third-order valence-electron chi connectivity index (χ3n) is 3.40. The third-order valence-corrected chi connectivity index (χ3v) is 6.26. The Hall–Kier alpha value is -1.56. The van der Waals surface area contributed by atoms with Crippen molar-refractivity contribution in [3.63, 3.8) is 0 Å². The molecule has 3 rings (SSSR count). The standard InChI is InChI=1S/C17H14O2S3/c18-13(16-5-2-8-21-16)10-12(15-4-1-7-20-15)11-14(19)17-6-3-9-22-17/h1-9,12H,10-11H2. The predicted molar refractivity (Wildman–Crippen MR) is 93.6 cm³/mol. The molecule has 0 aromatic carbocycles. The molecule has 2 nitrogen and oxygen atoms in total. The van der Waals surface area contributed by atoms with Crippen molar-refractivity contribution in [2.45, 2.75) is 18.8 Å². The first kappa shape index (κ1) is 15.3. The van der Waals surface area contributed by atoms with Crippen LogP contribution in [0, 0.1) is 0 Å². The Kier molecular flexibility index (Phi) is 4.97. The van der Waals surface area contributed by atoms with Gasteiger partial charge in [0.2, 0.25) is 0 Å². The molecule has 0 spiro atoms. The zero-order valence-corrected chi connectivity index (χ0v) is 14.2. The Labute approximate surface area is 141 Å². The lowest BCUT2D eigenvalue weighted by Crippen LogP contribution is -2.10. The SMILES string of the molecule is O=C(CC(CC(=O)c1cccs1)c1cccs1)c1cccs1. The number of ketones is 2. The second-order valence-corrected chi connectivity index (χ2v) is 7.80. The molecule has 3 aromatic rings. The van der Waals surface area contributed by atoms with Crippen molar-refractivity contribution in [2.24, 2.45) is 0 Å². The Morgan fingerprint density at radius 2 is 1.27 bits per heavy atom. The fourth-order valence-corrected chi connectivity index (χ4v) is 4.50. The van der Waals surface area contributed by atoms with Crippen LogP contribution in [-0.2, 0) is 0 Å². The van der Waals surface area contributed by atoms with Crippen molar-refractivity contribution in [1.82, 2.24) is 0 Å². The van der Waals surface area contributed by atoms with Crippen molar-refractivity contribution < 1.29 is 9.59 Å². The summed E-state index contributed by atoms with van der Waals surface area (Å²) in [6.45, 7) is 0. The molecule has 0 amide bonds. The Morgan fingerprint density at radius 1 is 0.773 bits per heavy atom. The van der Waals surface area contributed by atoms with Crippen LogP contribution in [0.2, 0.25) is 0 Å². The van der Waals surface area contributed by atoms with Gasteiger partial charge < -0.3 is 0 Å². The lowest BCUT2D eigenvalue weighted by atomic mass is 9.94. The van der Waals surface area contributed by atoms with E-state index in [1.54, 1.807) is 11.3 Å². The van der Waals surface area contributed by atoms with Gasteiger partial charge in [-0.1, -0.05) is 18.2 Å². The summed E-state index contributed by atoms with van der Waals surface area (Å²) in [5.41, 5.74) is 0. The fourth-order valence-electron chi connectivity index (χ4n) is 2.32. The summed E-state index contributed by atoms with van der Waals surface area (Å²) in [6, 6.07) is 11.4. The predicted octanol–water partition coefficient (Wildman–Crippen LogP) is 5.50. The second-order valence-electron chi connectivity index (χ2n) is 4.92. The van der Waals surface area contributed by atoms with Gasteiger partial charge >= 0.3 is 0 Å². The molecule has 0 aliphatic carbocycles. The monoisotopic (exact) mass is 346 g/mol. The minimum atomic E-state index is -0.0378. The average molecular weight is 346 g/mol. The molecule has 22 heavy (non-hydrogen) atoms. The number of thiophene rings is 3. The quantitative estimate of drug-likeness (QED) is 0.529. The number of rotatable bonds is 7. The van der Waals surface area contributed by atoms with Crippen LogP contribution in [0.4, 0.5) is 0 Å². The summed E-state index contributed by atoms with van der Waals surface area (Å²) < 4.78 is 0. The van der Waals surface area contributed by atoms with Crippen molar-refractivity contribution in [3.05, 3.63) is 67.2 Å². The van der Waals surface area contributed by atoms with Crippen LogP contribution < -0.4 is 0 Å². The van der Waals surface area contributed by atoms with Gasteiger partial charge in [-0.25, -0.2) is 0 Å². The van der Waals surface area contributed by atoms with Gasteiger partial charge in [0.25, 0.3) is 0 Å². The second kappa shape index (κ2) is 7.13. The zero-order valence-electron chi connectivity index (χ0n) is 11.7.